The van der Waals surface area contributed by atoms with Gasteiger partial charge in [-0.3, -0.25) is 0 Å². The predicted octanol–water partition coefficient (Wildman–Crippen LogP) is 8.43. The molecular formula is C24H28S4Si. The Bertz CT molecular complexity index is 909. The monoisotopic (exact) mass is 472 g/mol. The number of unbranched alkanes of at least 4 members (excludes halogenated alkanes) is 2. The Kier molecular flexibility index (Phi) is 7.24. The summed E-state index contributed by atoms with van der Waals surface area (Å²) >= 11 is 7.89. The predicted molar refractivity (Wildman–Crippen MR) is 140 cm³/mol. The highest BCUT2D eigenvalue weighted by molar-refractivity contribution is 7.40. The van der Waals surface area contributed by atoms with E-state index in [0.29, 0.717) is 0 Å². The van der Waals surface area contributed by atoms with E-state index in [1.165, 1.54) is 57.3 Å². The molecule has 0 amide bonds. The second-order valence-corrected chi connectivity index (χ2v) is 16.6. The first-order valence-electron chi connectivity index (χ1n) is 10.5. The lowest BCUT2D eigenvalue weighted by Crippen LogP contribution is -2.55. The zero-order chi connectivity index (χ0) is 20.1. The molecule has 4 heterocycles. The maximum Gasteiger partial charge on any atom is 0.143 e. The Morgan fingerprint density at radius 2 is 1.10 bits per heavy atom. The molecule has 0 saturated carbocycles. The van der Waals surface area contributed by atoms with Gasteiger partial charge in [0.15, 0.2) is 0 Å². The van der Waals surface area contributed by atoms with Crippen LogP contribution in [0.25, 0.3) is 19.5 Å². The summed E-state index contributed by atoms with van der Waals surface area (Å²) in [5.74, 6) is 0. The van der Waals surface area contributed by atoms with Gasteiger partial charge in [0.1, 0.15) is 8.07 Å². The van der Waals surface area contributed by atoms with Crippen LogP contribution in [0.3, 0.4) is 0 Å². The molecule has 0 unspecified atom stereocenters. The fraction of sp³-hybridized carbons (Fsp3) is 0.333. The van der Waals surface area contributed by atoms with Crippen LogP contribution in [-0.4, -0.2) is 8.07 Å². The Labute approximate surface area is 191 Å². The van der Waals surface area contributed by atoms with Gasteiger partial charge in [0.2, 0.25) is 0 Å². The topological polar surface area (TPSA) is 0 Å². The van der Waals surface area contributed by atoms with E-state index >= 15 is 0 Å². The van der Waals surface area contributed by atoms with Gasteiger partial charge in [0.25, 0.3) is 0 Å². The summed E-state index contributed by atoms with van der Waals surface area (Å²) in [4.78, 5) is 5.74. The highest BCUT2D eigenvalue weighted by Crippen LogP contribution is 2.35. The molecule has 5 heteroatoms. The van der Waals surface area contributed by atoms with E-state index in [-0.39, 0.29) is 0 Å². The third-order valence-electron chi connectivity index (χ3n) is 5.60. The zero-order valence-corrected chi connectivity index (χ0v) is 21.4. The minimum atomic E-state index is -1.73. The van der Waals surface area contributed by atoms with E-state index in [1.54, 1.807) is 9.00 Å². The summed E-state index contributed by atoms with van der Waals surface area (Å²) in [6.45, 7) is 4.69. The summed E-state index contributed by atoms with van der Waals surface area (Å²) in [7, 11) is -1.73. The quantitative estimate of drug-likeness (QED) is 0.203. The maximum absolute atomic E-state index is 2.49. The molecule has 0 radical (unpaired) electrons. The molecule has 0 bridgehead atoms. The van der Waals surface area contributed by atoms with Gasteiger partial charge in [-0.1, -0.05) is 63.8 Å². The van der Waals surface area contributed by atoms with Crippen LogP contribution < -0.4 is 9.00 Å². The maximum atomic E-state index is 2.49. The first-order valence-corrected chi connectivity index (χ1v) is 16.4. The molecular weight excluding hydrogens is 445 g/mol. The average Bonchev–Trinajstić information content (AvgIpc) is 3.54. The highest BCUT2D eigenvalue weighted by Gasteiger charge is 2.39. The molecule has 0 aliphatic carbocycles. The van der Waals surface area contributed by atoms with Crippen LogP contribution in [0.1, 0.15) is 39.5 Å². The first kappa shape index (κ1) is 21.3. The molecule has 0 aromatic carbocycles. The second-order valence-electron chi connectivity index (χ2n) is 7.57. The Hall–Kier alpha value is -0.983. The molecule has 0 atom stereocenters. The van der Waals surface area contributed by atoms with Gasteiger partial charge < -0.3 is 0 Å². The van der Waals surface area contributed by atoms with E-state index in [0.717, 1.165) is 0 Å². The van der Waals surface area contributed by atoms with Crippen molar-refractivity contribution in [2.75, 3.05) is 0 Å². The van der Waals surface area contributed by atoms with Gasteiger partial charge in [0.05, 0.1) is 0 Å². The van der Waals surface area contributed by atoms with Crippen LogP contribution in [0.15, 0.2) is 59.3 Å². The molecule has 4 aromatic rings. The zero-order valence-electron chi connectivity index (χ0n) is 17.1. The van der Waals surface area contributed by atoms with Crippen LogP contribution in [0.2, 0.25) is 12.1 Å². The van der Waals surface area contributed by atoms with Crippen molar-refractivity contribution in [2.24, 2.45) is 0 Å². The van der Waals surface area contributed by atoms with Crippen LogP contribution >= 0.6 is 45.3 Å². The summed E-state index contributed by atoms with van der Waals surface area (Å²) in [5, 5.41) is 4.39. The van der Waals surface area contributed by atoms with Crippen LogP contribution in [0.5, 0.6) is 0 Å². The molecule has 29 heavy (non-hydrogen) atoms. The van der Waals surface area contributed by atoms with Gasteiger partial charge >= 0.3 is 0 Å². The molecule has 0 spiro atoms. The number of hydrogen-bond donors (Lipinski definition) is 0. The van der Waals surface area contributed by atoms with E-state index in [1.807, 2.05) is 22.7 Å². The van der Waals surface area contributed by atoms with Gasteiger partial charge in [0, 0.05) is 19.5 Å². The Morgan fingerprint density at radius 1 is 0.621 bits per heavy atom. The normalized spacial score (nSPS) is 11.9. The Balaban J connectivity index is 1.78. The largest absolute Gasteiger partial charge is 0.144 e. The van der Waals surface area contributed by atoms with Crippen molar-refractivity contribution in [3.05, 3.63) is 59.3 Å². The van der Waals surface area contributed by atoms with Gasteiger partial charge in [-0.2, -0.15) is 0 Å². The minimum absolute atomic E-state index is 1.28. The van der Waals surface area contributed by atoms with Gasteiger partial charge in [-0.25, -0.2) is 0 Å². The molecule has 0 N–H and O–H groups in total. The van der Waals surface area contributed by atoms with Crippen molar-refractivity contribution < 1.29 is 0 Å². The lowest BCUT2D eigenvalue weighted by molar-refractivity contribution is 0.839. The molecule has 0 aliphatic rings. The first-order chi connectivity index (χ1) is 14.3. The summed E-state index contributed by atoms with van der Waals surface area (Å²) < 4.78 is 3.39. The Morgan fingerprint density at radius 3 is 1.48 bits per heavy atom. The standard InChI is InChI=1S/C24H28S4Si/c1-3-5-17-29(18-6-4-2,23-13-11-21(27-23)19-9-7-15-25-19)24-14-12-22(28-24)20-10-8-16-26-20/h7-16H,3-6,17-18H2,1-2H3. The number of rotatable bonds is 10. The van der Waals surface area contributed by atoms with Crippen LogP contribution in [-0.2, 0) is 0 Å². The molecule has 0 nitrogen and oxygen atoms in total. The fourth-order valence-electron chi connectivity index (χ4n) is 3.99. The van der Waals surface area contributed by atoms with E-state index in [2.05, 4.69) is 95.8 Å². The van der Waals surface area contributed by atoms with Crippen molar-refractivity contribution in [2.45, 2.75) is 51.6 Å². The fourth-order valence-corrected chi connectivity index (χ4v) is 15.7. The lowest BCUT2D eigenvalue weighted by atomic mass is 10.4. The van der Waals surface area contributed by atoms with Gasteiger partial charge in [-0.05, 0) is 56.1 Å². The van der Waals surface area contributed by atoms with Gasteiger partial charge in [-0.15, -0.1) is 45.3 Å². The summed E-state index contributed by atoms with van der Waals surface area (Å²) in [6, 6.07) is 21.4. The molecule has 152 valence electrons. The van der Waals surface area contributed by atoms with E-state index in [9.17, 15) is 0 Å². The van der Waals surface area contributed by atoms with Crippen LogP contribution in [0, 0.1) is 0 Å². The van der Waals surface area contributed by atoms with Crippen molar-refractivity contribution in [1.29, 1.82) is 0 Å². The molecule has 4 aromatic heterocycles. The minimum Gasteiger partial charge on any atom is -0.144 e. The summed E-state index contributed by atoms with van der Waals surface area (Å²) in [5.41, 5.74) is 0. The smallest absolute Gasteiger partial charge is 0.143 e. The average molecular weight is 473 g/mol. The summed E-state index contributed by atoms with van der Waals surface area (Å²) in [6.07, 6.45) is 5.25. The molecule has 0 aliphatic heterocycles. The van der Waals surface area contributed by atoms with Crippen molar-refractivity contribution in [1.82, 2.24) is 0 Å². The number of thiophene rings is 4. The van der Waals surface area contributed by atoms with E-state index in [4.69, 9.17) is 0 Å². The molecule has 0 saturated heterocycles. The van der Waals surface area contributed by atoms with Crippen LogP contribution in [0.4, 0.5) is 0 Å². The third kappa shape index (κ3) is 4.54. The number of hydrogen-bond acceptors (Lipinski definition) is 4. The van der Waals surface area contributed by atoms with Crippen molar-refractivity contribution in [3.8, 4) is 19.5 Å². The van der Waals surface area contributed by atoms with E-state index < -0.39 is 8.07 Å². The molecule has 0 fully saturated rings. The SMILES string of the molecule is CCCC[Si](CCCC)(c1ccc(-c2cccs2)s1)c1ccc(-c2cccs2)s1. The molecule has 4 rings (SSSR count). The van der Waals surface area contributed by atoms with Crippen molar-refractivity contribution >= 4 is 62.4 Å². The lowest BCUT2D eigenvalue weighted by Gasteiger charge is -2.30. The third-order valence-corrected chi connectivity index (χ3v) is 17.1. The second kappa shape index (κ2) is 9.88. The highest BCUT2D eigenvalue weighted by atomic mass is 32.1. The van der Waals surface area contributed by atoms with Crippen molar-refractivity contribution in [3.63, 3.8) is 0 Å².